The number of rotatable bonds is 7. The lowest BCUT2D eigenvalue weighted by Crippen LogP contribution is -2.36. The van der Waals surface area contributed by atoms with Crippen molar-refractivity contribution in [2.75, 3.05) is 12.4 Å². The van der Waals surface area contributed by atoms with Crippen molar-refractivity contribution in [2.24, 2.45) is 17.8 Å². The second kappa shape index (κ2) is 10.5. The molecule has 1 aliphatic carbocycles. The van der Waals surface area contributed by atoms with Crippen molar-refractivity contribution in [3.8, 4) is 0 Å². The lowest BCUT2D eigenvalue weighted by molar-refractivity contribution is -0.166. The maximum Gasteiger partial charge on any atom is 0.344 e. The number of ether oxygens (including phenoxy) is 2. The third-order valence-electron chi connectivity index (χ3n) is 4.93. The first-order valence-corrected chi connectivity index (χ1v) is 10.4. The van der Waals surface area contributed by atoms with Crippen LogP contribution in [0.25, 0.3) is 0 Å². The van der Waals surface area contributed by atoms with Crippen LogP contribution in [0.3, 0.4) is 0 Å². The first-order valence-electron chi connectivity index (χ1n) is 9.44. The van der Waals surface area contributed by atoms with Crippen molar-refractivity contribution in [1.29, 1.82) is 0 Å². The van der Waals surface area contributed by atoms with Crippen molar-refractivity contribution in [1.82, 2.24) is 0 Å². The molecule has 1 aliphatic rings. The smallest absolute Gasteiger partial charge is 0.344 e. The van der Waals surface area contributed by atoms with Crippen molar-refractivity contribution < 1.29 is 23.9 Å². The predicted octanol–water partition coefficient (Wildman–Crippen LogP) is 4.11. The van der Waals surface area contributed by atoms with Gasteiger partial charge in [0.15, 0.2) is 6.61 Å². The van der Waals surface area contributed by atoms with Gasteiger partial charge in [-0.3, -0.25) is 9.59 Å². The SMILES string of the molecule is CC(C)[C@@H]1CC[C@@H](C)C[C@H]1OC(=O)COC(=O)CSC(=O)c1ccccc1. The van der Waals surface area contributed by atoms with Gasteiger partial charge < -0.3 is 9.47 Å². The molecule has 1 saturated carbocycles. The Morgan fingerprint density at radius 1 is 1.11 bits per heavy atom. The minimum Gasteiger partial charge on any atom is -0.460 e. The summed E-state index contributed by atoms with van der Waals surface area (Å²) in [6.07, 6.45) is 2.94. The standard InChI is InChI=1S/C21H28O5S/c1-14(2)17-10-9-15(3)11-18(17)26-19(22)12-25-20(23)13-27-21(24)16-7-5-4-6-8-16/h4-8,14-15,17-18H,9-13H2,1-3H3/t15-,17+,18-/m1/s1. The van der Waals surface area contributed by atoms with Crippen molar-refractivity contribution in [3.05, 3.63) is 35.9 Å². The Labute approximate surface area is 165 Å². The van der Waals surface area contributed by atoms with Crippen molar-refractivity contribution in [2.45, 2.75) is 46.1 Å². The molecular formula is C21H28O5S. The van der Waals surface area contributed by atoms with Gasteiger partial charge in [-0.1, -0.05) is 69.3 Å². The van der Waals surface area contributed by atoms with Gasteiger partial charge in [0.1, 0.15) is 6.10 Å². The number of carbonyl (C=O) groups is 3. The van der Waals surface area contributed by atoms with E-state index in [2.05, 4.69) is 20.8 Å². The number of thioether (sulfide) groups is 1. The normalized spacial score (nSPS) is 22.3. The van der Waals surface area contributed by atoms with Gasteiger partial charge in [0, 0.05) is 5.56 Å². The zero-order valence-corrected chi connectivity index (χ0v) is 17.0. The molecule has 0 radical (unpaired) electrons. The van der Waals surface area contributed by atoms with Crippen LogP contribution in [-0.4, -0.2) is 35.5 Å². The summed E-state index contributed by atoms with van der Waals surface area (Å²) >= 11 is 0.864. The summed E-state index contributed by atoms with van der Waals surface area (Å²) in [6, 6.07) is 8.72. The number of hydrogen-bond acceptors (Lipinski definition) is 6. The topological polar surface area (TPSA) is 69.7 Å². The summed E-state index contributed by atoms with van der Waals surface area (Å²) in [4.78, 5) is 35.8. The van der Waals surface area contributed by atoms with Gasteiger partial charge in [-0.15, -0.1) is 0 Å². The minimum atomic E-state index is -0.598. The van der Waals surface area contributed by atoms with Crippen molar-refractivity contribution in [3.63, 3.8) is 0 Å². The number of esters is 2. The molecule has 0 saturated heterocycles. The van der Waals surface area contributed by atoms with Crippen LogP contribution in [0.15, 0.2) is 30.3 Å². The van der Waals surface area contributed by atoms with Gasteiger partial charge in [-0.25, -0.2) is 4.79 Å². The van der Waals surface area contributed by atoms with Gasteiger partial charge in [0.05, 0.1) is 5.75 Å². The molecule has 0 amide bonds. The number of carbonyl (C=O) groups excluding carboxylic acids is 3. The molecule has 148 valence electrons. The van der Waals surface area contributed by atoms with Crippen molar-refractivity contribution >= 4 is 28.8 Å². The van der Waals surface area contributed by atoms with E-state index in [0.29, 0.717) is 23.3 Å². The molecule has 0 bridgehead atoms. The average molecular weight is 393 g/mol. The van der Waals surface area contributed by atoms with E-state index in [1.54, 1.807) is 24.3 Å². The molecule has 1 aromatic rings. The van der Waals surface area contributed by atoms with E-state index in [9.17, 15) is 14.4 Å². The highest BCUT2D eigenvalue weighted by Gasteiger charge is 2.33. The monoisotopic (exact) mass is 392 g/mol. The highest BCUT2D eigenvalue weighted by atomic mass is 32.2. The molecule has 2 rings (SSSR count). The van der Waals surface area contributed by atoms with Gasteiger partial charge in [-0.05, 0) is 30.6 Å². The predicted molar refractivity (Wildman–Crippen MR) is 105 cm³/mol. The second-order valence-electron chi connectivity index (χ2n) is 7.46. The Morgan fingerprint density at radius 2 is 1.81 bits per heavy atom. The van der Waals surface area contributed by atoms with Gasteiger partial charge in [0.2, 0.25) is 5.12 Å². The van der Waals surface area contributed by atoms with Crippen LogP contribution in [0.5, 0.6) is 0 Å². The molecule has 1 fully saturated rings. The van der Waals surface area contributed by atoms with Crippen LogP contribution in [-0.2, 0) is 19.1 Å². The Balaban J connectivity index is 1.72. The first-order chi connectivity index (χ1) is 12.9. The third-order valence-corrected chi connectivity index (χ3v) is 5.80. The summed E-state index contributed by atoms with van der Waals surface area (Å²) < 4.78 is 10.6. The maximum atomic E-state index is 12.1. The molecule has 0 N–H and O–H groups in total. The number of hydrogen-bond donors (Lipinski definition) is 0. The molecule has 6 heteroatoms. The Morgan fingerprint density at radius 3 is 2.48 bits per heavy atom. The summed E-state index contributed by atoms with van der Waals surface area (Å²) in [5.41, 5.74) is 0.529. The highest BCUT2D eigenvalue weighted by molar-refractivity contribution is 8.14. The summed E-state index contributed by atoms with van der Waals surface area (Å²) in [7, 11) is 0. The first kappa shape index (κ1) is 21.5. The maximum absolute atomic E-state index is 12.1. The minimum absolute atomic E-state index is 0.117. The molecule has 0 unspecified atom stereocenters. The van der Waals surface area contributed by atoms with E-state index in [4.69, 9.17) is 9.47 Å². The molecule has 3 atom stereocenters. The Hall–Kier alpha value is -1.82. The average Bonchev–Trinajstić information content (AvgIpc) is 2.65. The molecule has 5 nitrogen and oxygen atoms in total. The zero-order chi connectivity index (χ0) is 19.8. The van der Waals surface area contributed by atoms with Crippen LogP contribution in [0, 0.1) is 17.8 Å². The molecule has 1 aromatic carbocycles. The van der Waals surface area contributed by atoms with E-state index in [0.717, 1.165) is 31.0 Å². The Bertz CT molecular complexity index is 643. The summed E-state index contributed by atoms with van der Waals surface area (Å²) in [5, 5.41) is -0.203. The van der Waals surface area contributed by atoms with E-state index in [-0.39, 0.29) is 17.0 Å². The van der Waals surface area contributed by atoms with Crippen LogP contribution in [0.1, 0.15) is 50.4 Å². The fourth-order valence-electron chi connectivity index (χ4n) is 3.42. The third kappa shape index (κ3) is 7.01. The molecule has 0 aromatic heterocycles. The van der Waals surface area contributed by atoms with Crippen LogP contribution in [0.2, 0.25) is 0 Å². The van der Waals surface area contributed by atoms with Crippen LogP contribution in [0.4, 0.5) is 0 Å². The summed E-state index contributed by atoms with van der Waals surface area (Å²) in [6.45, 7) is 6.04. The molecule has 0 spiro atoms. The fourth-order valence-corrected chi connectivity index (χ4v) is 4.05. The van der Waals surface area contributed by atoms with Gasteiger partial charge >= 0.3 is 11.9 Å². The highest BCUT2D eigenvalue weighted by Crippen LogP contribution is 2.35. The van der Waals surface area contributed by atoms with Crippen LogP contribution < -0.4 is 0 Å². The second-order valence-corrected chi connectivity index (χ2v) is 8.41. The number of benzene rings is 1. The van der Waals surface area contributed by atoms with Gasteiger partial charge in [-0.2, -0.15) is 0 Å². The fraction of sp³-hybridized carbons (Fsp3) is 0.571. The quantitative estimate of drug-likeness (QED) is 0.651. The molecule has 0 aliphatic heterocycles. The largest absolute Gasteiger partial charge is 0.460 e. The zero-order valence-electron chi connectivity index (χ0n) is 16.2. The molecular weight excluding hydrogens is 364 g/mol. The van der Waals surface area contributed by atoms with E-state index in [1.807, 2.05) is 6.07 Å². The van der Waals surface area contributed by atoms with E-state index >= 15 is 0 Å². The van der Waals surface area contributed by atoms with Crippen LogP contribution >= 0.6 is 11.8 Å². The van der Waals surface area contributed by atoms with Gasteiger partial charge in [0.25, 0.3) is 0 Å². The summed E-state index contributed by atoms with van der Waals surface area (Å²) in [5.74, 6) is 0.0702. The van der Waals surface area contributed by atoms with E-state index < -0.39 is 18.5 Å². The lowest BCUT2D eigenvalue weighted by Gasteiger charge is -2.36. The lowest BCUT2D eigenvalue weighted by atomic mass is 9.75. The molecule has 27 heavy (non-hydrogen) atoms. The Kier molecular flexibility index (Phi) is 8.35. The van der Waals surface area contributed by atoms with E-state index in [1.165, 1.54) is 0 Å². The molecule has 0 heterocycles.